The average molecular weight is 1150 g/mol. The number of nitrogens with one attached hydrogen (secondary N) is 1. The number of likely N-dealkylation sites (N-methyl/N-ethyl adjacent to an activating group) is 1. The summed E-state index contributed by atoms with van der Waals surface area (Å²) in [6.07, 6.45) is -3.65. The molecule has 7 fully saturated rings. The Balaban J connectivity index is 1.08. The molecule has 0 radical (unpaired) electrons. The van der Waals surface area contributed by atoms with Gasteiger partial charge in [0.2, 0.25) is 0 Å². The molecular formula is C60H98ClN3O16. The highest BCUT2D eigenvalue weighted by atomic mass is 35.5. The standard InChI is InChI=1S/C60H98ClN3O16/c1-16-43-57(12,72)47(68)35(6)64(23-17-22-62-52(71)60(74)31(2)24-40-39-19-18-37-26-38(65)20-21-54(37,9)59(39,61)42(66)27-55(40,60)10)30-53(8)29-58(53,73)49(80-51-45(67)41(63(13)14)25-32(3)76-51)33(4)46(34(5)50(70)78-43)79-44-28-56(11,75-15)48(69)36(7)77-44/h20-21,26,31-36,39-49,51,66-69,72-74H,16-19,22-25,27-30H2,1-15H3,(H,62,71)/t31-,32+,33-,34+,35+,36?,39?,40?,41+,42-,43+,44+,45+,46-,47+,48+,49+,51-,53-,54-,55-,56-,57+,58+,59-,60-/m0/s1. The van der Waals surface area contributed by atoms with Crippen molar-refractivity contribution >= 4 is 29.3 Å². The number of rotatable bonds is 12. The number of fused-ring (bicyclic) bond motifs is 6. The van der Waals surface area contributed by atoms with Gasteiger partial charge in [0.1, 0.15) is 30.0 Å². The van der Waals surface area contributed by atoms with Gasteiger partial charge in [0.15, 0.2) is 24.0 Å². The van der Waals surface area contributed by atoms with Gasteiger partial charge in [0.25, 0.3) is 5.91 Å². The largest absolute Gasteiger partial charge is 0.459 e. The van der Waals surface area contributed by atoms with E-state index in [4.69, 9.17) is 40.0 Å². The number of methoxy groups -OCH3 is 1. The van der Waals surface area contributed by atoms with Crippen LogP contribution < -0.4 is 5.32 Å². The number of cyclic esters (lactones) is 1. The Morgan fingerprint density at radius 3 is 2.24 bits per heavy atom. The van der Waals surface area contributed by atoms with Gasteiger partial charge in [-0.3, -0.25) is 19.3 Å². The molecule has 4 saturated carbocycles. The van der Waals surface area contributed by atoms with Gasteiger partial charge in [0, 0.05) is 67.4 Å². The molecule has 3 aliphatic heterocycles. The van der Waals surface area contributed by atoms with Crippen LogP contribution in [0, 0.1) is 45.8 Å². The normalized spacial score (nSPS) is 52.0. The predicted octanol–water partition coefficient (Wildman–Crippen LogP) is 3.76. The molecule has 0 bridgehead atoms. The summed E-state index contributed by atoms with van der Waals surface area (Å²) in [5, 5.41) is 89.3. The second-order valence-electron chi connectivity index (χ2n) is 27.5. The van der Waals surface area contributed by atoms with Crippen molar-refractivity contribution in [2.45, 2.75) is 248 Å². The van der Waals surface area contributed by atoms with Gasteiger partial charge >= 0.3 is 5.97 Å². The molecule has 1 amide bonds. The Labute approximate surface area is 479 Å². The van der Waals surface area contributed by atoms with Crippen LogP contribution in [0.3, 0.4) is 0 Å². The number of hydrogen-bond donors (Lipinski definition) is 8. The van der Waals surface area contributed by atoms with E-state index in [1.54, 1.807) is 40.7 Å². The Morgan fingerprint density at radius 2 is 1.60 bits per heavy atom. The molecule has 0 aromatic carbocycles. The van der Waals surface area contributed by atoms with Gasteiger partial charge in [-0.15, -0.1) is 11.6 Å². The van der Waals surface area contributed by atoms with E-state index in [-0.39, 0.29) is 75.1 Å². The molecule has 8 N–H and O–H groups in total. The fraction of sp³-hybridized carbons (Fsp3) is 0.883. The van der Waals surface area contributed by atoms with E-state index in [0.29, 0.717) is 32.1 Å². The number of ether oxygens (including phenoxy) is 6. The maximum absolute atomic E-state index is 14.7. The van der Waals surface area contributed by atoms with Crippen molar-refractivity contribution in [2.75, 3.05) is 40.8 Å². The number of alkyl halides is 1. The molecule has 456 valence electrons. The number of allylic oxidation sites excluding steroid dienone is 4. The van der Waals surface area contributed by atoms with E-state index in [1.165, 1.54) is 20.1 Å². The summed E-state index contributed by atoms with van der Waals surface area (Å²) in [4.78, 5) is 44.6. The van der Waals surface area contributed by atoms with E-state index in [0.717, 1.165) is 5.57 Å². The quantitative estimate of drug-likeness (QED) is 0.0786. The van der Waals surface area contributed by atoms with Crippen LogP contribution in [-0.4, -0.2) is 211 Å². The molecule has 0 aromatic heterocycles. The predicted molar refractivity (Wildman–Crippen MR) is 297 cm³/mol. The maximum Gasteiger partial charge on any atom is 0.311 e. The molecular weight excluding hydrogens is 1050 g/mol. The molecule has 80 heavy (non-hydrogen) atoms. The smallest absolute Gasteiger partial charge is 0.311 e. The summed E-state index contributed by atoms with van der Waals surface area (Å²) < 4.78 is 38.4. The molecule has 3 saturated heterocycles. The number of aliphatic hydroxyl groups excluding tert-OH is 4. The van der Waals surface area contributed by atoms with Gasteiger partial charge in [-0.1, -0.05) is 53.2 Å². The first kappa shape index (κ1) is 63.8. The Hall–Kier alpha value is -2.18. The average Bonchev–Trinajstić information content (AvgIpc) is 2.74. The van der Waals surface area contributed by atoms with Crippen LogP contribution in [0.1, 0.15) is 141 Å². The molecule has 3 heterocycles. The first-order valence-corrected chi connectivity index (χ1v) is 30.0. The van der Waals surface area contributed by atoms with E-state index < -0.39 is 141 Å². The first-order valence-electron chi connectivity index (χ1n) is 29.7. The molecule has 5 aliphatic carbocycles. The Kier molecular flexibility index (Phi) is 18.0. The van der Waals surface area contributed by atoms with E-state index in [1.807, 2.05) is 71.5 Å². The minimum absolute atomic E-state index is 0.0659. The summed E-state index contributed by atoms with van der Waals surface area (Å²) in [5.41, 5.74) is -8.60. The van der Waals surface area contributed by atoms with Gasteiger partial charge in [-0.2, -0.15) is 0 Å². The van der Waals surface area contributed by atoms with Crippen molar-refractivity contribution in [3.8, 4) is 0 Å². The zero-order valence-corrected chi connectivity index (χ0v) is 50.9. The summed E-state index contributed by atoms with van der Waals surface area (Å²) in [5.74, 6) is -4.35. The van der Waals surface area contributed by atoms with Crippen LogP contribution in [0.4, 0.5) is 0 Å². The number of ketones is 1. The SMILES string of the molecule is CC[C@H]1OC(=O)[C@H](C)[C@@H](O[C@@H]2C[C@](C)(OC)[C@H](O)C(C)O2)[C@H](C)[C@@H](O[C@@H]2O[C@H](C)C[C@@H](N(C)C)[C@H]2O)[C@]2(O)C[C@@]2(C)CN(CCCNC(=O)[C@@]2(O)[C@@H](C)CC3C4CCC5=CC(=O)C=C[C@]5(C)[C@@]4(Cl)[C@@H](O)C[C@@]32C)[C@H](C)[C@@H](O)[C@]1(C)O. The third-order valence-electron chi connectivity index (χ3n) is 22.2. The fourth-order valence-electron chi connectivity index (χ4n) is 16.7. The Bertz CT molecular complexity index is 2360. The molecule has 3 unspecified atom stereocenters. The monoisotopic (exact) mass is 1150 g/mol. The molecule has 8 aliphatic rings. The number of aliphatic hydroxyl groups is 7. The van der Waals surface area contributed by atoms with Crippen molar-refractivity contribution in [3.05, 3.63) is 23.8 Å². The number of carbonyl (C=O) groups is 3. The highest BCUT2D eigenvalue weighted by Crippen LogP contribution is 2.71. The second kappa shape index (κ2) is 22.6. The van der Waals surface area contributed by atoms with E-state index in [9.17, 15) is 50.1 Å². The van der Waals surface area contributed by atoms with Gasteiger partial charge in [-0.25, -0.2) is 0 Å². The van der Waals surface area contributed by atoms with Crippen molar-refractivity contribution in [3.63, 3.8) is 0 Å². The fourth-order valence-corrected chi connectivity index (χ4v) is 17.2. The topological polar surface area (TPSA) is 267 Å². The number of hydrogen-bond acceptors (Lipinski definition) is 18. The molecule has 8 rings (SSSR count). The number of esters is 1. The molecule has 0 spiro atoms. The van der Waals surface area contributed by atoms with Gasteiger partial charge in [0.05, 0.1) is 52.5 Å². The lowest BCUT2D eigenvalue weighted by Gasteiger charge is -2.63. The third kappa shape index (κ3) is 10.3. The van der Waals surface area contributed by atoms with Crippen molar-refractivity contribution in [2.24, 2.45) is 45.8 Å². The van der Waals surface area contributed by atoms with Crippen LogP contribution >= 0.6 is 11.6 Å². The summed E-state index contributed by atoms with van der Waals surface area (Å²) in [6.45, 7) is 21.8. The number of nitrogens with zero attached hydrogens (tertiary/aromatic N) is 2. The third-order valence-corrected chi connectivity index (χ3v) is 23.1. The van der Waals surface area contributed by atoms with Crippen LogP contribution in [0.25, 0.3) is 0 Å². The minimum atomic E-state index is -2.00. The van der Waals surface area contributed by atoms with Crippen LogP contribution in [0.15, 0.2) is 23.8 Å². The minimum Gasteiger partial charge on any atom is -0.459 e. The maximum atomic E-state index is 14.7. The number of amides is 1. The molecule has 19 nitrogen and oxygen atoms in total. The van der Waals surface area contributed by atoms with Gasteiger partial charge < -0.3 is 74.4 Å². The Morgan fingerprint density at radius 1 is 0.925 bits per heavy atom. The highest BCUT2D eigenvalue weighted by Gasteiger charge is 2.75. The summed E-state index contributed by atoms with van der Waals surface area (Å²) in [7, 11) is 5.22. The lowest BCUT2D eigenvalue weighted by Crippen LogP contribution is -2.69. The van der Waals surface area contributed by atoms with Crippen LogP contribution in [0.2, 0.25) is 0 Å². The lowest BCUT2D eigenvalue weighted by molar-refractivity contribution is -0.314. The van der Waals surface area contributed by atoms with E-state index >= 15 is 0 Å². The molecule has 20 heteroatoms. The zero-order valence-electron chi connectivity index (χ0n) is 50.2. The summed E-state index contributed by atoms with van der Waals surface area (Å²) >= 11 is 7.68. The highest BCUT2D eigenvalue weighted by molar-refractivity contribution is 6.26. The van der Waals surface area contributed by atoms with Crippen molar-refractivity contribution in [1.29, 1.82) is 0 Å². The van der Waals surface area contributed by atoms with Crippen molar-refractivity contribution in [1.82, 2.24) is 15.1 Å². The second-order valence-corrected chi connectivity index (χ2v) is 28.1. The lowest BCUT2D eigenvalue weighted by atomic mass is 9.45. The number of halogens is 1. The van der Waals surface area contributed by atoms with Crippen LogP contribution in [-0.2, 0) is 42.8 Å². The van der Waals surface area contributed by atoms with E-state index in [2.05, 4.69) is 5.32 Å². The van der Waals surface area contributed by atoms with Crippen molar-refractivity contribution < 1.29 is 78.6 Å². The molecule has 0 aromatic rings. The van der Waals surface area contributed by atoms with Crippen LogP contribution in [0.5, 0.6) is 0 Å². The summed E-state index contributed by atoms with van der Waals surface area (Å²) in [6, 6.07) is -1.19. The molecule has 26 atom stereocenters. The zero-order chi connectivity index (χ0) is 59.4. The first-order chi connectivity index (χ1) is 37.1. The van der Waals surface area contributed by atoms with Gasteiger partial charge in [-0.05, 0) is 137 Å². The number of carbonyl (C=O) groups excluding carboxylic acids is 3.